The number of nitrogens with one attached hydrogen (secondary N) is 2. The van der Waals surface area contributed by atoms with Gasteiger partial charge in [0, 0.05) is 6.54 Å². The molecule has 0 aromatic heterocycles. The van der Waals surface area contributed by atoms with Gasteiger partial charge in [-0.2, -0.15) is 0 Å². The third kappa shape index (κ3) is 11.1. The maximum Gasteiger partial charge on any atom is 0.413 e. The van der Waals surface area contributed by atoms with Crippen molar-refractivity contribution in [2.24, 2.45) is 4.99 Å². The molecule has 0 heterocycles. The number of hydrogen-bond donors (Lipinski definition) is 3. The zero-order chi connectivity index (χ0) is 20.6. The van der Waals surface area contributed by atoms with E-state index in [1.165, 1.54) is 0 Å². The van der Waals surface area contributed by atoms with Crippen molar-refractivity contribution in [2.75, 3.05) is 19.8 Å². The van der Waals surface area contributed by atoms with Gasteiger partial charge >= 0.3 is 12.2 Å². The number of carbonyl (C=O) groups excluding carboxylic acids is 2. The molecule has 0 aliphatic carbocycles. The number of carbonyl (C=O) groups is 2. The monoisotopic (exact) mass is 393 g/mol. The lowest BCUT2D eigenvalue weighted by Crippen LogP contribution is -2.44. The van der Waals surface area contributed by atoms with E-state index < -0.39 is 12.2 Å². The topological polar surface area (TPSA) is 109 Å². The van der Waals surface area contributed by atoms with Crippen molar-refractivity contribution in [3.8, 4) is 5.75 Å². The van der Waals surface area contributed by atoms with Crippen molar-refractivity contribution < 1.29 is 24.2 Å². The second-order valence-electron chi connectivity index (χ2n) is 6.23. The average molecular weight is 393 g/mol. The second-order valence-corrected chi connectivity index (χ2v) is 6.23. The Hall–Kier alpha value is -2.77. The molecule has 0 unspecified atom stereocenters. The van der Waals surface area contributed by atoms with Crippen LogP contribution in [-0.2, 0) is 15.9 Å². The Morgan fingerprint density at radius 3 is 1.96 bits per heavy atom. The SMILES string of the molecule is CCCCOC(=O)NC(=NCCCc1ccc(O)cc1)NC(=O)OCCCC. The van der Waals surface area contributed by atoms with Crippen LogP contribution in [-0.4, -0.2) is 43.0 Å². The summed E-state index contributed by atoms with van der Waals surface area (Å²) in [6.07, 6.45) is 3.46. The zero-order valence-electron chi connectivity index (χ0n) is 16.7. The highest BCUT2D eigenvalue weighted by molar-refractivity contribution is 6.01. The number of rotatable bonds is 10. The summed E-state index contributed by atoms with van der Waals surface area (Å²) < 4.78 is 10.1. The zero-order valence-corrected chi connectivity index (χ0v) is 16.7. The Morgan fingerprint density at radius 1 is 0.929 bits per heavy atom. The molecular formula is C20H31N3O5. The number of ether oxygens (including phenoxy) is 2. The fourth-order valence-corrected chi connectivity index (χ4v) is 2.13. The summed E-state index contributed by atoms with van der Waals surface area (Å²) in [6, 6.07) is 6.94. The Morgan fingerprint density at radius 2 is 1.46 bits per heavy atom. The molecule has 0 fully saturated rings. The van der Waals surface area contributed by atoms with Gasteiger partial charge in [0.15, 0.2) is 0 Å². The van der Waals surface area contributed by atoms with Crippen LogP contribution in [0.5, 0.6) is 5.75 Å². The fraction of sp³-hybridized carbons (Fsp3) is 0.550. The number of aliphatic imine (C=N–C) groups is 1. The van der Waals surface area contributed by atoms with E-state index in [0.29, 0.717) is 26.2 Å². The molecule has 0 aliphatic rings. The van der Waals surface area contributed by atoms with Crippen LogP contribution in [0.15, 0.2) is 29.3 Å². The first-order chi connectivity index (χ1) is 13.5. The molecule has 8 heteroatoms. The van der Waals surface area contributed by atoms with Crippen LogP contribution in [0.1, 0.15) is 51.5 Å². The number of unbranched alkanes of at least 4 members (excludes halogenated alkanes) is 2. The normalized spacial score (nSPS) is 10.1. The molecule has 156 valence electrons. The molecule has 0 atom stereocenters. The van der Waals surface area contributed by atoms with Crippen molar-refractivity contribution in [1.29, 1.82) is 0 Å². The van der Waals surface area contributed by atoms with E-state index in [0.717, 1.165) is 37.7 Å². The highest BCUT2D eigenvalue weighted by atomic mass is 16.6. The quantitative estimate of drug-likeness (QED) is 0.319. The summed E-state index contributed by atoms with van der Waals surface area (Å²) >= 11 is 0. The number of benzene rings is 1. The van der Waals surface area contributed by atoms with E-state index in [4.69, 9.17) is 9.47 Å². The van der Waals surface area contributed by atoms with Crippen LogP contribution >= 0.6 is 0 Å². The summed E-state index contributed by atoms with van der Waals surface area (Å²) in [5.74, 6) is 0.231. The molecular weight excluding hydrogens is 362 g/mol. The second kappa shape index (κ2) is 14.3. The summed E-state index contributed by atoms with van der Waals surface area (Å²) in [6.45, 7) is 4.99. The third-order valence-corrected chi connectivity index (χ3v) is 3.73. The standard InChI is InChI=1S/C20H31N3O5/c1-3-5-14-27-19(25)22-18(23-20(26)28-15-6-4-2)21-13-7-8-16-9-11-17(24)12-10-16/h9-12,24H,3-8,13-15H2,1-2H3,(H2,21,22,23,25,26). The number of hydrogen-bond acceptors (Lipinski definition) is 6. The molecule has 28 heavy (non-hydrogen) atoms. The first-order valence-corrected chi connectivity index (χ1v) is 9.75. The molecule has 1 rings (SSSR count). The van der Waals surface area contributed by atoms with E-state index in [-0.39, 0.29) is 11.7 Å². The minimum atomic E-state index is -0.667. The number of phenols is 1. The Balaban J connectivity index is 2.53. The Bertz CT molecular complexity index is 591. The van der Waals surface area contributed by atoms with Gasteiger partial charge in [-0.25, -0.2) is 9.59 Å². The first kappa shape index (κ1) is 23.3. The van der Waals surface area contributed by atoms with Crippen LogP contribution in [0, 0.1) is 0 Å². The van der Waals surface area contributed by atoms with Crippen molar-refractivity contribution in [3.05, 3.63) is 29.8 Å². The highest BCUT2D eigenvalue weighted by Gasteiger charge is 2.11. The minimum absolute atomic E-state index is 0.00806. The maximum absolute atomic E-state index is 11.8. The molecule has 2 amide bonds. The van der Waals surface area contributed by atoms with E-state index in [1.54, 1.807) is 12.1 Å². The molecule has 0 saturated heterocycles. The number of guanidine groups is 1. The van der Waals surface area contributed by atoms with Crippen molar-refractivity contribution in [2.45, 2.75) is 52.4 Å². The van der Waals surface area contributed by atoms with E-state index in [1.807, 2.05) is 26.0 Å². The van der Waals surface area contributed by atoms with Gasteiger partial charge in [-0.1, -0.05) is 38.8 Å². The molecule has 8 nitrogen and oxygen atoms in total. The van der Waals surface area contributed by atoms with Gasteiger partial charge in [-0.15, -0.1) is 0 Å². The molecule has 0 spiro atoms. The molecule has 0 radical (unpaired) electrons. The average Bonchev–Trinajstić information content (AvgIpc) is 2.67. The van der Waals surface area contributed by atoms with Crippen molar-refractivity contribution in [3.63, 3.8) is 0 Å². The number of alkyl carbamates (subject to hydrolysis) is 2. The van der Waals surface area contributed by atoms with Gasteiger partial charge in [-0.3, -0.25) is 15.6 Å². The van der Waals surface area contributed by atoms with Gasteiger partial charge in [0.05, 0.1) is 13.2 Å². The third-order valence-electron chi connectivity index (χ3n) is 3.73. The van der Waals surface area contributed by atoms with Gasteiger partial charge in [0.25, 0.3) is 0 Å². The largest absolute Gasteiger partial charge is 0.508 e. The van der Waals surface area contributed by atoms with Gasteiger partial charge in [0.1, 0.15) is 5.75 Å². The molecule has 0 bridgehead atoms. The van der Waals surface area contributed by atoms with Crippen LogP contribution in [0.4, 0.5) is 9.59 Å². The first-order valence-electron chi connectivity index (χ1n) is 9.75. The lowest BCUT2D eigenvalue weighted by atomic mass is 10.1. The number of phenolic OH excluding ortho intramolecular Hbond substituents is 1. The summed E-state index contributed by atoms with van der Waals surface area (Å²) in [7, 11) is 0. The van der Waals surface area contributed by atoms with E-state index in [2.05, 4.69) is 15.6 Å². The molecule has 1 aromatic carbocycles. The van der Waals surface area contributed by atoms with Crippen molar-refractivity contribution in [1.82, 2.24) is 10.6 Å². The van der Waals surface area contributed by atoms with E-state index >= 15 is 0 Å². The lowest BCUT2D eigenvalue weighted by Gasteiger charge is -2.11. The lowest BCUT2D eigenvalue weighted by molar-refractivity contribution is 0.146. The van der Waals surface area contributed by atoms with E-state index in [9.17, 15) is 14.7 Å². The molecule has 0 saturated carbocycles. The van der Waals surface area contributed by atoms with Crippen LogP contribution in [0.25, 0.3) is 0 Å². The van der Waals surface area contributed by atoms with Gasteiger partial charge < -0.3 is 14.6 Å². The smallest absolute Gasteiger partial charge is 0.413 e. The Kier molecular flexibility index (Phi) is 11.9. The van der Waals surface area contributed by atoms with Gasteiger partial charge in [-0.05, 0) is 43.4 Å². The molecule has 1 aromatic rings. The minimum Gasteiger partial charge on any atom is -0.508 e. The maximum atomic E-state index is 11.8. The Labute approximate surface area is 166 Å². The number of nitrogens with zero attached hydrogens (tertiary/aromatic N) is 1. The summed E-state index contributed by atoms with van der Waals surface area (Å²) in [5.41, 5.74) is 1.06. The molecule has 3 N–H and O–H groups in total. The predicted molar refractivity (Wildman–Crippen MR) is 108 cm³/mol. The predicted octanol–water partition coefficient (Wildman–Crippen LogP) is 3.73. The number of aryl methyl sites for hydroxylation is 1. The molecule has 0 aliphatic heterocycles. The van der Waals surface area contributed by atoms with Gasteiger partial charge in [0.2, 0.25) is 5.96 Å². The number of amides is 2. The fourth-order valence-electron chi connectivity index (χ4n) is 2.13. The van der Waals surface area contributed by atoms with Crippen LogP contribution < -0.4 is 10.6 Å². The summed E-state index contributed by atoms with van der Waals surface area (Å²) in [5, 5.41) is 14.2. The van der Waals surface area contributed by atoms with Crippen molar-refractivity contribution >= 4 is 18.1 Å². The highest BCUT2D eigenvalue weighted by Crippen LogP contribution is 2.11. The van der Waals surface area contributed by atoms with Crippen LogP contribution in [0.2, 0.25) is 0 Å². The van der Waals surface area contributed by atoms with Crippen LogP contribution in [0.3, 0.4) is 0 Å². The summed E-state index contributed by atoms with van der Waals surface area (Å²) in [4.78, 5) is 27.9. The number of aromatic hydroxyl groups is 1.